The maximum atomic E-state index is 12.8. The summed E-state index contributed by atoms with van der Waals surface area (Å²) in [5.74, 6) is 0. The van der Waals surface area contributed by atoms with Crippen molar-refractivity contribution < 1.29 is 8.42 Å². The first kappa shape index (κ1) is 17.1. The van der Waals surface area contributed by atoms with Gasteiger partial charge in [-0.3, -0.25) is 5.10 Å². The zero-order valence-electron chi connectivity index (χ0n) is 13.2. The first-order valence-electron chi connectivity index (χ1n) is 6.92. The maximum absolute atomic E-state index is 12.8. The molecule has 0 spiro atoms. The van der Waals surface area contributed by atoms with Crippen LogP contribution in [-0.4, -0.2) is 42.1 Å². The van der Waals surface area contributed by atoms with E-state index in [0.717, 1.165) is 18.7 Å². The Morgan fingerprint density at radius 2 is 1.95 bits per heavy atom. The predicted octanol–water partition coefficient (Wildman–Crippen LogP) is 1.64. The number of nitrogens with one attached hydrogen (secondary N) is 2. The Labute approximate surface area is 122 Å². The van der Waals surface area contributed by atoms with Crippen LogP contribution in [0.1, 0.15) is 45.4 Å². The van der Waals surface area contributed by atoms with Crippen molar-refractivity contribution in [3.05, 3.63) is 11.3 Å². The van der Waals surface area contributed by atoms with E-state index >= 15 is 0 Å². The van der Waals surface area contributed by atoms with Gasteiger partial charge in [-0.25, -0.2) is 8.42 Å². The number of aryl methyl sites for hydroxylation is 1. The van der Waals surface area contributed by atoms with Crippen LogP contribution < -0.4 is 5.32 Å². The summed E-state index contributed by atoms with van der Waals surface area (Å²) in [6.07, 6.45) is 0.731. The van der Waals surface area contributed by atoms with Gasteiger partial charge in [-0.1, -0.05) is 13.8 Å². The zero-order valence-corrected chi connectivity index (χ0v) is 14.1. The van der Waals surface area contributed by atoms with E-state index in [4.69, 9.17) is 0 Å². The third-order valence-electron chi connectivity index (χ3n) is 3.91. The van der Waals surface area contributed by atoms with E-state index in [1.54, 1.807) is 7.05 Å². The Morgan fingerprint density at radius 1 is 1.35 bits per heavy atom. The topological polar surface area (TPSA) is 78.1 Å². The Kier molecular flexibility index (Phi) is 5.34. The van der Waals surface area contributed by atoms with Crippen molar-refractivity contribution in [2.24, 2.45) is 0 Å². The van der Waals surface area contributed by atoms with Gasteiger partial charge >= 0.3 is 0 Å². The summed E-state index contributed by atoms with van der Waals surface area (Å²) in [6.45, 7) is 10.9. The van der Waals surface area contributed by atoms with Crippen LogP contribution in [0.3, 0.4) is 0 Å². The number of hydrogen-bond donors (Lipinski definition) is 2. The molecule has 0 amide bonds. The lowest BCUT2D eigenvalue weighted by atomic mass is 10.0. The summed E-state index contributed by atoms with van der Waals surface area (Å²) < 4.78 is 26.9. The highest BCUT2D eigenvalue weighted by Gasteiger charge is 2.36. The molecule has 0 unspecified atom stereocenters. The molecule has 0 saturated carbocycles. The summed E-state index contributed by atoms with van der Waals surface area (Å²) in [4.78, 5) is 0. The van der Waals surface area contributed by atoms with E-state index in [9.17, 15) is 8.42 Å². The second-order valence-corrected chi connectivity index (χ2v) is 7.44. The highest BCUT2D eigenvalue weighted by atomic mass is 32.2. The molecule has 1 aromatic rings. The van der Waals surface area contributed by atoms with Gasteiger partial charge in [0.25, 0.3) is 10.0 Å². The monoisotopic (exact) mass is 302 g/mol. The Hall–Kier alpha value is -0.920. The van der Waals surface area contributed by atoms with Crippen LogP contribution in [0.25, 0.3) is 0 Å². The van der Waals surface area contributed by atoms with E-state index in [1.165, 1.54) is 4.31 Å². The van der Waals surface area contributed by atoms with Crippen LogP contribution in [0.4, 0.5) is 0 Å². The van der Waals surface area contributed by atoms with Crippen LogP contribution >= 0.6 is 0 Å². The Balaban J connectivity index is 3.23. The normalized spacial score (nSPS) is 13.2. The number of sulfonamides is 1. The van der Waals surface area contributed by atoms with Gasteiger partial charge in [0, 0.05) is 30.4 Å². The number of rotatable bonds is 7. The molecule has 0 atom stereocenters. The van der Waals surface area contributed by atoms with Gasteiger partial charge in [0.05, 0.1) is 0 Å². The number of aromatic amines is 1. The fraction of sp³-hybridized carbons (Fsp3) is 0.769. The zero-order chi connectivity index (χ0) is 15.6. The average Bonchev–Trinajstić information content (AvgIpc) is 2.77. The molecule has 2 N–H and O–H groups in total. The fourth-order valence-electron chi connectivity index (χ4n) is 1.78. The van der Waals surface area contributed by atoms with Gasteiger partial charge < -0.3 is 5.32 Å². The van der Waals surface area contributed by atoms with Crippen LogP contribution in [0, 0.1) is 6.92 Å². The van der Waals surface area contributed by atoms with Gasteiger partial charge in [-0.05, 0) is 33.7 Å². The second kappa shape index (κ2) is 6.24. The summed E-state index contributed by atoms with van der Waals surface area (Å²) in [5, 5.41) is 10.1. The number of aromatic nitrogens is 2. The van der Waals surface area contributed by atoms with Gasteiger partial charge in [0.1, 0.15) is 0 Å². The van der Waals surface area contributed by atoms with E-state index in [1.807, 2.05) is 34.6 Å². The van der Waals surface area contributed by atoms with Gasteiger partial charge in [0.2, 0.25) is 0 Å². The van der Waals surface area contributed by atoms with Crippen LogP contribution in [-0.2, 0) is 16.6 Å². The van der Waals surface area contributed by atoms with Crippen LogP contribution in [0.15, 0.2) is 5.03 Å². The highest BCUT2D eigenvalue weighted by Crippen LogP contribution is 2.26. The first-order valence-corrected chi connectivity index (χ1v) is 8.36. The molecule has 0 bridgehead atoms. The van der Waals surface area contributed by atoms with E-state index < -0.39 is 15.6 Å². The van der Waals surface area contributed by atoms with Crippen molar-refractivity contribution in [3.8, 4) is 0 Å². The molecular formula is C13H26N4O2S. The summed E-state index contributed by atoms with van der Waals surface area (Å²) in [5.41, 5.74) is 1.05. The standard InChI is InChI=1S/C13H26N4O2S/c1-7-13(4,5)17(6)20(18,19)12-11(9-14-8-2)10(3)15-16-12/h14H,7-9H2,1-6H3,(H,15,16). The molecule has 116 valence electrons. The molecule has 0 aromatic carbocycles. The van der Waals surface area contributed by atoms with E-state index in [2.05, 4.69) is 15.5 Å². The van der Waals surface area contributed by atoms with Crippen molar-refractivity contribution in [2.75, 3.05) is 13.6 Å². The largest absolute Gasteiger partial charge is 0.313 e. The quantitative estimate of drug-likeness (QED) is 0.802. The van der Waals surface area contributed by atoms with Crippen LogP contribution in [0.5, 0.6) is 0 Å². The van der Waals surface area contributed by atoms with Crippen molar-refractivity contribution in [3.63, 3.8) is 0 Å². The molecule has 7 heteroatoms. The maximum Gasteiger partial charge on any atom is 0.262 e. The molecule has 6 nitrogen and oxygen atoms in total. The molecule has 1 rings (SSSR count). The van der Waals surface area contributed by atoms with E-state index in [0.29, 0.717) is 12.1 Å². The second-order valence-electron chi connectivity index (χ2n) is 5.55. The molecule has 0 fully saturated rings. The number of nitrogens with zero attached hydrogens (tertiary/aromatic N) is 2. The summed E-state index contributed by atoms with van der Waals surface area (Å²) >= 11 is 0. The molecule has 0 saturated heterocycles. The Morgan fingerprint density at radius 3 is 2.45 bits per heavy atom. The minimum atomic E-state index is -3.60. The van der Waals surface area contributed by atoms with E-state index in [-0.39, 0.29) is 5.03 Å². The minimum Gasteiger partial charge on any atom is -0.313 e. The lowest BCUT2D eigenvalue weighted by Crippen LogP contribution is -2.44. The van der Waals surface area contributed by atoms with Crippen molar-refractivity contribution in [2.45, 2.75) is 58.1 Å². The lowest BCUT2D eigenvalue weighted by molar-refractivity contribution is 0.256. The minimum absolute atomic E-state index is 0.125. The molecule has 1 heterocycles. The number of hydrogen-bond acceptors (Lipinski definition) is 4. The molecule has 0 aliphatic carbocycles. The highest BCUT2D eigenvalue weighted by molar-refractivity contribution is 7.89. The third-order valence-corrected chi connectivity index (χ3v) is 5.95. The van der Waals surface area contributed by atoms with Crippen LogP contribution in [0.2, 0.25) is 0 Å². The predicted molar refractivity (Wildman–Crippen MR) is 80.0 cm³/mol. The lowest BCUT2D eigenvalue weighted by Gasteiger charge is -2.33. The van der Waals surface area contributed by atoms with Gasteiger partial charge in [0.15, 0.2) is 5.03 Å². The smallest absolute Gasteiger partial charge is 0.262 e. The van der Waals surface area contributed by atoms with Crippen molar-refractivity contribution in [1.29, 1.82) is 0 Å². The molecular weight excluding hydrogens is 276 g/mol. The molecule has 0 radical (unpaired) electrons. The number of H-pyrrole nitrogens is 1. The summed E-state index contributed by atoms with van der Waals surface area (Å²) in [6, 6.07) is 0. The molecule has 1 aromatic heterocycles. The molecule has 0 aliphatic rings. The average molecular weight is 302 g/mol. The van der Waals surface area contributed by atoms with Gasteiger partial charge in [-0.15, -0.1) is 0 Å². The summed E-state index contributed by atoms with van der Waals surface area (Å²) in [7, 11) is -1.99. The fourth-order valence-corrected chi connectivity index (χ4v) is 3.52. The van der Waals surface area contributed by atoms with Gasteiger partial charge in [-0.2, -0.15) is 9.40 Å². The molecule has 20 heavy (non-hydrogen) atoms. The molecule has 0 aliphatic heterocycles. The third kappa shape index (κ3) is 3.21. The Bertz CT molecular complexity index is 549. The first-order chi connectivity index (χ1) is 9.18. The van der Waals surface area contributed by atoms with Crippen molar-refractivity contribution in [1.82, 2.24) is 19.8 Å². The van der Waals surface area contributed by atoms with Crippen molar-refractivity contribution >= 4 is 10.0 Å². The SMILES string of the molecule is CCNCc1c(S(=O)(=O)N(C)C(C)(C)CC)n[nH]c1C.